The number of para-hydroxylation sites is 1. The zero-order valence-corrected chi connectivity index (χ0v) is 11.8. The average Bonchev–Trinajstić information content (AvgIpc) is 2.47. The summed E-state index contributed by atoms with van der Waals surface area (Å²) in [7, 11) is 0. The molecule has 20 heavy (non-hydrogen) atoms. The second kappa shape index (κ2) is 7.56. The molecule has 2 rings (SSSR count). The summed E-state index contributed by atoms with van der Waals surface area (Å²) in [6.07, 6.45) is 0.840. The lowest BCUT2D eigenvalue weighted by atomic mass is 10.2. The van der Waals surface area contributed by atoms with Crippen LogP contribution in [-0.4, -0.2) is 13.2 Å². The van der Waals surface area contributed by atoms with Crippen LogP contribution in [0.5, 0.6) is 11.5 Å². The van der Waals surface area contributed by atoms with Crippen LogP contribution in [0.25, 0.3) is 0 Å². The molecule has 0 bridgehead atoms. The van der Waals surface area contributed by atoms with Gasteiger partial charge in [-0.2, -0.15) is 0 Å². The lowest BCUT2D eigenvalue weighted by molar-refractivity contribution is 0.246. The first-order valence-electron chi connectivity index (χ1n) is 6.90. The highest BCUT2D eigenvalue weighted by Crippen LogP contribution is 2.17. The zero-order chi connectivity index (χ0) is 14.2. The largest absolute Gasteiger partial charge is 0.493 e. The Balaban J connectivity index is 1.71. The van der Waals surface area contributed by atoms with Crippen LogP contribution in [0.1, 0.15) is 17.5 Å². The van der Waals surface area contributed by atoms with Gasteiger partial charge < -0.3 is 15.2 Å². The first-order valence-corrected chi connectivity index (χ1v) is 6.90. The van der Waals surface area contributed by atoms with E-state index in [9.17, 15) is 0 Å². The Labute approximate surface area is 120 Å². The molecule has 0 fully saturated rings. The van der Waals surface area contributed by atoms with Gasteiger partial charge in [0.25, 0.3) is 0 Å². The number of hydrogen-bond donors (Lipinski definition) is 1. The quantitative estimate of drug-likeness (QED) is 0.786. The molecular formula is C17H21NO2. The minimum Gasteiger partial charge on any atom is -0.493 e. The molecule has 3 nitrogen and oxygen atoms in total. The third kappa shape index (κ3) is 4.28. The topological polar surface area (TPSA) is 44.5 Å². The van der Waals surface area contributed by atoms with Crippen molar-refractivity contribution in [1.29, 1.82) is 0 Å². The van der Waals surface area contributed by atoms with Crippen molar-refractivity contribution in [3.05, 3.63) is 59.7 Å². The van der Waals surface area contributed by atoms with Gasteiger partial charge in [0.05, 0.1) is 13.2 Å². The maximum atomic E-state index is 5.73. The molecule has 0 aliphatic heterocycles. The summed E-state index contributed by atoms with van der Waals surface area (Å²) in [5, 5.41) is 0. The normalized spacial score (nSPS) is 10.3. The monoisotopic (exact) mass is 271 g/mol. The molecule has 0 saturated heterocycles. The lowest BCUT2D eigenvalue weighted by Gasteiger charge is -2.11. The third-order valence-corrected chi connectivity index (χ3v) is 3.00. The van der Waals surface area contributed by atoms with Gasteiger partial charge in [-0.25, -0.2) is 0 Å². The molecule has 0 spiro atoms. The molecule has 0 amide bonds. The Morgan fingerprint density at radius 1 is 0.950 bits per heavy atom. The van der Waals surface area contributed by atoms with Crippen LogP contribution in [0.4, 0.5) is 0 Å². The van der Waals surface area contributed by atoms with E-state index in [4.69, 9.17) is 15.2 Å². The van der Waals surface area contributed by atoms with E-state index >= 15 is 0 Å². The Hall–Kier alpha value is -2.00. The second-order valence-electron chi connectivity index (χ2n) is 4.68. The predicted octanol–water partition coefficient (Wildman–Crippen LogP) is 3.30. The standard InChI is InChI=1S/C17H21NO2/c1-14-6-4-8-16(12-14)19-10-5-11-20-17-9-3-2-7-15(17)13-18/h2-4,6-9,12H,5,10-11,13,18H2,1H3. The van der Waals surface area contributed by atoms with Crippen LogP contribution < -0.4 is 15.2 Å². The van der Waals surface area contributed by atoms with E-state index in [-0.39, 0.29) is 0 Å². The molecule has 0 aliphatic rings. The molecule has 0 aromatic heterocycles. The van der Waals surface area contributed by atoms with Crippen LogP contribution in [0.3, 0.4) is 0 Å². The summed E-state index contributed by atoms with van der Waals surface area (Å²) in [4.78, 5) is 0. The fraction of sp³-hybridized carbons (Fsp3) is 0.294. The number of aryl methyl sites for hydroxylation is 1. The molecule has 2 aromatic rings. The fourth-order valence-corrected chi connectivity index (χ4v) is 1.95. The van der Waals surface area contributed by atoms with Gasteiger partial charge in [0.15, 0.2) is 0 Å². The van der Waals surface area contributed by atoms with Crippen molar-refractivity contribution in [2.45, 2.75) is 19.9 Å². The van der Waals surface area contributed by atoms with Crippen molar-refractivity contribution in [3.63, 3.8) is 0 Å². The van der Waals surface area contributed by atoms with Gasteiger partial charge in [-0.05, 0) is 30.7 Å². The van der Waals surface area contributed by atoms with Crippen LogP contribution in [-0.2, 0) is 6.54 Å². The Morgan fingerprint density at radius 3 is 2.55 bits per heavy atom. The molecule has 2 N–H and O–H groups in total. The molecule has 0 atom stereocenters. The van der Waals surface area contributed by atoms with Gasteiger partial charge in [-0.1, -0.05) is 30.3 Å². The second-order valence-corrected chi connectivity index (χ2v) is 4.68. The van der Waals surface area contributed by atoms with Crippen molar-refractivity contribution in [2.75, 3.05) is 13.2 Å². The lowest BCUT2D eigenvalue weighted by Crippen LogP contribution is -2.07. The maximum Gasteiger partial charge on any atom is 0.123 e. The number of ether oxygens (including phenoxy) is 2. The van der Waals surface area contributed by atoms with Crippen molar-refractivity contribution < 1.29 is 9.47 Å². The molecule has 106 valence electrons. The summed E-state index contributed by atoms with van der Waals surface area (Å²) in [6, 6.07) is 15.9. The molecule has 3 heteroatoms. The van der Waals surface area contributed by atoms with Gasteiger partial charge in [0, 0.05) is 18.5 Å². The summed E-state index contributed by atoms with van der Waals surface area (Å²) in [5.41, 5.74) is 7.91. The van der Waals surface area contributed by atoms with E-state index in [2.05, 4.69) is 13.0 Å². The van der Waals surface area contributed by atoms with Crippen LogP contribution in [0.15, 0.2) is 48.5 Å². The number of benzene rings is 2. The summed E-state index contributed by atoms with van der Waals surface area (Å²) in [6.45, 7) is 3.83. The van der Waals surface area contributed by atoms with Crippen LogP contribution in [0.2, 0.25) is 0 Å². The van der Waals surface area contributed by atoms with Crippen molar-refractivity contribution >= 4 is 0 Å². The molecule has 2 aromatic carbocycles. The number of rotatable bonds is 7. The Bertz CT molecular complexity index is 540. The Kier molecular flexibility index (Phi) is 5.44. The summed E-state index contributed by atoms with van der Waals surface area (Å²) in [5.74, 6) is 1.78. The first kappa shape index (κ1) is 14.4. The molecular weight excluding hydrogens is 250 g/mol. The van der Waals surface area contributed by atoms with Gasteiger partial charge in [-0.3, -0.25) is 0 Å². The highest BCUT2D eigenvalue weighted by molar-refractivity contribution is 5.33. The predicted molar refractivity (Wildman–Crippen MR) is 81.1 cm³/mol. The summed E-state index contributed by atoms with van der Waals surface area (Å²) >= 11 is 0. The van der Waals surface area contributed by atoms with E-state index in [1.807, 2.05) is 42.5 Å². The van der Waals surface area contributed by atoms with E-state index in [0.717, 1.165) is 23.5 Å². The van der Waals surface area contributed by atoms with E-state index in [1.165, 1.54) is 5.56 Å². The van der Waals surface area contributed by atoms with Crippen LogP contribution in [0, 0.1) is 6.92 Å². The van der Waals surface area contributed by atoms with Gasteiger partial charge in [0.2, 0.25) is 0 Å². The van der Waals surface area contributed by atoms with Gasteiger partial charge in [-0.15, -0.1) is 0 Å². The minimum atomic E-state index is 0.496. The summed E-state index contributed by atoms with van der Waals surface area (Å²) < 4.78 is 11.4. The smallest absolute Gasteiger partial charge is 0.123 e. The maximum absolute atomic E-state index is 5.73. The number of hydrogen-bond acceptors (Lipinski definition) is 3. The first-order chi connectivity index (χ1) is 9.79. The third-order valence-electron chi connectivity index (χ3n) is 3.00. The molecule has 0 saturated carbocycles. The fourth-order valence-electron chi connectivity index (χ4n) is 1.95. The average molecular weight is 271 g/mol. The van der Waals surface area contributed by atoms with Crippen LogP contribution >= 0.6 is 0 Å². The zero-order valence-electron chi connectivity index (χ0n) is 11.8. The van der Waals surface area contributed by atoms with E-state index in [1.54, 1.807) is 0 Å². The SMILES string of the molecule is Cc1cccc(OCCCOc2ccccc2CN)c1. The molecule has 0 unspecified atom stereocenters. The van der Waals surface area contributed by atoms with Crippen molar-refractivity contribution in [3.8, 4) is 11.5 Å². The molecule has 0 aliphatic carbocycles. The van der Waals surface area contributed by atoms with Gasteiger partial charge in [0.1, 0.15) is 11.5 Å². The minimum absolute atomic E-state index is 0.496. The highest BCUT2D eigenvalue weighted by atomic mass is 16.5. The van der Waals surface area contributed by atoms with Gasteiger partial charge >= 0.3 is 0 Å². The molecule has 0 radical (unpaired) electrons. The van der Waals surface area contributed by atoms with Crippen molar-refractivity contribution in [2.24, 2.45) is 5.73 Å². The number of nitrogens with two attached hydrogens (primary N) is 1. The molecule has 0 heterocycles. The highest BCUT2D eigenvalue weighted by Gasteiger charge is 2.00. The van der Waals surface area contributed by atoms with E-state index < -0.39 is 0 Å². The van der Waals surface area contributed by atoms with E-state index in [0.29, 0.717) is 19.8 Å². The Morgan fingerprint density at radius 2 is 1.75 bits per heavy atom. The van der Waals surface area contributed by atoms with Crippen molar-refractivity contribution in [1.82, 2.24) is 0 Å².